The van der Waals surface area contributed by atoms with Gasteiger partial charge in [0.05, 0.1) is 5.52 Å². The molecule has 0 saturated carbocycles. The van der Waals surface area contributed by atoms with Gasteiger partial charge in [-0.2, -0.15) is 9.78 Å². The minimum Gasteiger partial charge on any atom is -0.442 e. The van der Waals surface area contributed by atoms with Crippen molar-refractivity contribution in [2.24, 2.45) is 0 Å². The van der Waals surface area contributed by atoms with Crippen LogP contribution in [-0.2, 0) is 4.74 Å². The first kappa shape index (κ1) is 13.3. The predicted octanol–water partition coefficient (Wildman–Crippen LogP) is 3.73. The van der Waals surface area contributed by atoms with Gasteiger partial charge in [-0.05, 0) is 68.0 Å². The Morgan fingerprint density at radius 2 is 2.06 bits per heavy atom. The van der Waals surface area contributed by atoms with Gasteiger partial charge < -0.3 is 4.74 Å². The Morgan fingerprint density at radius 1 is 1.39 bits per heavy atom. The van der Waals surface area contributed by atoms with Gasteiger partial charge >= 0.3 is 6.09 Å². The monoisotopic (exact) mass is 358 g/mol. The first-order chi connectivity index (χ1) is 8.28. The van der Waals surface area contributed by atoms with Crippen LogP contribution in [0.4, 0.5) is 4.79 Å². The van der Waals surface area contributed by atoms with E-state index in [1.54, 1.807) is 0 Å². The molecule has 0 aliphatic carbocycles. The van der Waals surface area contributed by atoms with Gasteiger partial charge in [0.25, 0.3) is 0 Å². The normalized spacial score (nSPS) is 11.8. The van der Waals surface area contributed by atoms with Gasteiger partial charge in [0.1, 0.15) is 9.30 Å². The number of carbonyl (C=O) groups is 1. The Labute approximate surface area is 119 Å². The highest BCUT2D eigenvalue weighted by Gasteiger charge is 2.21. The SMILES string of the molecule is Cc1ccc2c(I)nn(C(=O)OC(C)(C)C)c2c1. The molecule has 0 atom stereocenters. The fourth-order valence-electron chi connectivity index (χ4n) is 1.63. The van der Waals surface area contributed by atoms with E-state index >= 15 is 0 Å². The molecule has 2 aromatic rings. The molecule has 0 spiro atoms. The average Bonchev–Trinajstić information content (AvgIpc) is 2.53. The summed E-state index contributed by atoms with van der Waals surface area (Å²) in [5.74, 6) is 0. The largest absolute Gasteiger partial charge is 0.442 e. The van der Waals surface area contributed by atoms with Gasteiger partial charge in [0.15, 0.2) is 0 Å². The average molecular weight is 358 g/mol. The van der Waals surface area contributed by atoms with Gasteiger partial charge in [-0.3, -0.25) is 0 Å². The third kappa shape index (κ3) is 2.66. The van der Waals surface area contributed by atoms with Crippen LogP contribution in [0.15, 0.2) is 18.2 Å². The van der Waals surface area contributed by atoms with E-state index in [9.17, 15) is 4.79 Å². The molecule has 0 amide bonds. The Kier molecular flexibility index (Phi) is 3.35. The van der Waals surface area contributed by atoms with Crippen molar-refractivity contribution in [2.45, 2.75) is 33.3 Å². The highest BCUT2D eigenvalue weighted by Crippen LogP contribution is 2.22. The summed E-state index contributed by atoms with van der Waals surface area (Å²) in [4.78, 5) is 12.1. The number of aromatic nitrogens is 2. The number of carbonyl (C=O) groups excluding carboxylic acids is 1. The van der Waals surface area contributed by atoms with E-state index in [1.807, 2.05) is 45.9 Å². The van der Waals surface area contributed by atoms with Crippen LogP contribution in [-0.4, -0.2) is 21.5 Å². The van der Waals surface area contributed by atoms with Crippen LogP contribution < -0.4 is 0 Å². The van der Waals surface area contributed by atoms with Crippen molar-refractivity contribution < 1.29 is 9.53 Å². The number of rotatable bonds is 0. The Bertz CT molecular complexity index is 611. The number of benzene rings is 1. The number of aryl methyl sites for hydroxylation is 1. The molecule has 0 N–H and O–H groups in total. The molecule has 0 saturated heterocycles. The number of halogens is 1. The summed E-state index contributed by atoms with van der Waals surface area (Å²) in [6.07, 6.45) is -0.444. The standard InChI is InChI=1S/C13H15IN2O2/c1-8-5-6-9-10(7-8)16(15-11(9)14)12(17)18-13(2,3)4/h5-7H,1-4H3. The van der Waals surface area contributed by atoms with Crippen LogP contribution in [0, 0.1) is 10.6 Å². The van der Waals surface area contributed by atoms with Crippen LogP contribution in [0.5, 0.6) is 0 Å². The molecule has 4 nitrogen and oxygen atoms in total. The molecule has 18 heavy (non-hydrogen) atoms. The summed E-state index contributed by atoms with van der Waals surface area (Å²) >= 11 is 2.12. The van der Waals surface area contributed by atoms with E-state index in [-0.39, 0.29) is 0 Å². The smallest absolute Gasteiger partial charge is 0.435 e. The maximum Gasteiger partial charge on any atom is 0.435 e. The van der Waals surface area contributed by atoms with Crippen molar-refractivity contribution in [3.63, 3.8) is 0 Å². The summed E-state index contributed by atoms with van der Waals surface area (Å²) in [7, 11) is 0. The highest BCUT2D eigenvalue weighted by molar-refractivity contribution is 14.1. The van der Waals surface area contributed by atoms with E-state index in [4.69, 9.17) is 4.74 Å². The lowest BCUT2D eigenvalue weighted by molar-refractivity contribution is 0.0522. The molecule has 1 aromatic carbocycles. The third-order valence-corrected chi connectivity index (χ3v) is 3.15. The molecule has 1 heterocycles. The molecular weight excluding hydrogens is 343 g/mol. The second-order valence-electron chi connectivity index (χ2n) is 5.20. The molecule has 1 aromatic heterocycles. The van der Waals surface area contributed by atoms with Gasteiger partial charge in [0, 0.05) is 5.39 Å². The summed E-state index contributed by atoms with van der Waals surface area (Å²) in [6.45, 7) is 7.51. The van der Waals surface area contributed by atoms with E-state index in [1.165, 1.54) is 4.68 Å². The summed E-state index contributed by atoms with van der Waals surface area (Å²) in [6, 6.07) is 5.92. The van der Waals surface area contributed by atoms with Crippen LogP contribution >= 0.6 is 22.6 Å². The first-order valence-corrected chi connectivity index (χ1v) is 6.74. The van der Waals surface area contributed by atoms with Gasteiger partial charge in [0.2, 0.25) is 0 Å². The number of nitrogens with zero attached hydrogens (tertiary/aromatic N) is 2. The lowest BCUT2D eigenvalue weighted by atomic mass is 10.2. The highest BCUT2D eigenvalue weighted by atomic mass is 127. The third-order valence-electron chi connectivity index (χ3n) is 2.36. The van der Waals surface area contributed by atoms with Crippen molar-refractivity contribution in [3.05, 3.63) is 27.5 Å². The second-order valence-corrected chi connectivity index (χ2v) is 6.23. The molecule has 2 rings (SSSR count). The second kappa shape index (κ2) is 4.53. The first-order valence-electron chi connectivity index (χ1n) is 5.66. The van der Waals surface area contributed by atoms with Crippen molar-refractivity contribution in [1.82, 2.24) is 9.78 Å². The van der Waals surface area contributed by atoms with Crippen molar-refractivity contribution in [2.75, 3.05) is 0 Å². The predicted molar refractivity (Wildman–Crippen MR) is 78.8 cm³/mol. The fourth-order valence-corrected chi connectivity index (χ4v) is 2.30. The van der Waals surface area contributed by atoms with Crippen molar-refractivity contribution >= 4 is 39.6 Å². The van der Waals surface area contributed by atoms with Crippen LogP contribution in [0.25, 0.3) is 10.9 Å². The fraction of sp³-hybridized carbons (Fsp3) is 0.385. The zero-order chi connectivity index (χ0) is 13.5. The maximum absolute atomic E-state index is 12.1. The molecule has 0 aliphatic heterocycles. The Balaban J connectivity index is 2.51. The molecule has 96 valence electrons. The lowest BCUT2D eigenvalue weighted by Crippen LogP contribution is -2.27. The van der Waals surface area contributed by atoms with E-state index in [2.05, 4.69) is 27.7 Å². The topological polar surface area (TPSA) is 44.1 Å². The molecule has 0 aliphatic rings. The zero-order valence-electron chi connectivity index (χ0n) is 10.8. The Hall–Kier alpha value is -1.11. The zero-order valence-corrected chi connectivity index (χ0v) is 13.0. The molecule has 0 fully saturated rings. The van der Waals surface area contributed by atoms with Crippen molar-refractivity contribution in [1.29, 1.82) is 0 Å². The lowest BCUT2D eigenvalue weighted by Gasteiger charge is -2.19. The van der Waals surface area contributed by atoms with E-state index < -0.39 is 11.7 Å². The minimum atomic E-state index is -0.523. The van der Waals surface area contributed by atoms with Crippen LogP contribution in [0.1, 0.15) is 26.3 Å². The maximum atomic E-state index is 12.1. The summed E-state index contributed by atoms with van der Waals surface area (Å²) < 4.78 is 7.47. The van der Waals surface area contributed by atoms with Crippen LogP contribution in [0.2, 0.25) is 0 Å². The van der Waals surface area contributed by atoms with Gasteiger partial charge in [-0.15, -0.1) is 0 Å². The minimum absolute atomic E-state index is 0.444. The van der Waals surface area contributed by atoms with E-state index in [0.717, 1.165) is 20.2 Å². The number of hydrogen-bond acceptors (Lipinski definition) is 3. The van der Waals surface area contributed by atoms with Crippen LogP contribution in [0.3, 0.4) is 0 Å². The summed E-state index contributed by atoms with van der Waals surface area (Å²) in [5, 5.41) is 5.21. The van der Waals surface area contributed by atoms with Gasteiger partial charge in [-0.1, -0.05) is 6.07 Å². The molecule has 5 heteroatoms. The number of ether oxygens (including phenoxy) is 1. The number of hydrogen-bond donors (Lipinski definition) is 0. The quantitative estimate of drug-likeness (QED) is 0.674. The Morgan fingerprint density at radius 3 is 2.67 bits per heavy atom. The molecular formula is C13H15IN2O2. The molecule has 0 radical (unpaired) electrons. The summed E-state index contributed by atoms with van der Waals surface area (Å²) in [5.41, 5.74) is 1.35. The van der Waals surface area contributed by atoms with Gasteiger partial charge in [-0.25, -0.2) is 4.79 Å². The molecule has 0 bridgehead atoms. The number of fused-ring (bicyclic) bond motifs is 1. The van der Waals surface area contributed by atoms with E-state index in [0.29, 0.717) is 0 Å². The molecule has 0 unspecified atom stereocenters. The van der Waals surface area contributed by atoms with Crippen molar-refractivity contribution in [3.8, 4) is 0 Å².